The highest BCUT2D eigenvalue weighted by atomic mass is 35.5. The number of nitrogens with zero attached hydrogens (tertiary/aromatic N) is 16. The maximum atomic E-state index is 13.7. The zero-order valence-electron chi connectivity index (χ0n) is 79.2. The number of hydrogen-bond acceptors (Lipinski definition) is 30. The number of carbonyl (C=O) groups is 7. The Kier molecular flexibility index (Phi) is 36.1. The molecular formula is C103H91Cl3F5N23O8S7. The Balaban J connectivity index is 0.000000119. The lowest BCUT2D eigenvalue weighted by molar-refractivity contribution is -0.138. The topological polar surface area (TPSA) is 411 Å². The zero-order chi connectivity index (χ0) is 104. The van der Waals surface area contributed by atoms with Crippen molar-refractivity contribution >= 4 is 173 Å². The summed E-state index contributed by atoms with van der Waals surface area (Å²) >= 11 is 26.3. The Morgan fingerprint density at radius 3 is 1.09 bits per heavy atom. The van der Waals surface area contributed by atoms with Gasteiger partial charge in [0.15, 0.2) is 5.69 Å². The van der Waals surface area contributed by atoms with Crippen LogP contribution in [0.1, 0.15) is 289 Å². The molecule has 23 rings (SSSR count). The van der Waals surface area contributed by atoms with E-state index in [2.05, 4.69) is 138 Å². The first-order valence-corrected chi connectivity index (χ1v) is 54.0. The standard InChI is InChI=1S/C19H16ClN3O2S.C17H15N3OS.C14H11ClN4OS.C14H14ClN3OS.C14H11F4N3OS.C13H12FN3OS.C12H12N4OS/c20-15-7-4-8-16(25-13-5-2-1-3-6-13)14(15)11-21-19(24)18-17(12-9-10-12)22-23-26-18;21-17(16-15(12-8-9-12)19-20-22-16)18-10-13-6-3-5-11-4-1-2-7-14(11)13;1-16-11-4-2-3-10(15)9(11)7-17-14(20)13-12(8-5-6-8)18-19-21-13;1-8-3-2-4-11(15)10(8)7-16-14(19)13-12(9-5-6-9)17-18-20-13;15-10-3-1-2-9(14(16,17)18)8(10)6-19-13(22)12-11(7-4-5-7)20-21-23-12;14-10-4-2-1-3-9(10)7-15-13(18)12-11(8-5-6-8)16-17-19-12;17-12(14-7-9-3-1-2-6-13-9)11-10(8-4-5-8)15-16-18-11/h1-8,12H,9-11H2,(H,21,24);1-7,12H,8-10H2,(H,18,21);2-4,8H,5-7H2,(H,17,20);2-4,9H,5-7H2,1H3,(H,16,19);1-3,7H,4-6H2,(H,19,22);1-4,8H,5-7H2,(H,15,18);1-3,6,8H,4-5,7H2,(H,14,17). The number of halogens is 8. The normalized spacial score (nSPS) is 14.1. The highest BCUT2D eigenvalue weighted by Gasteiger charge is 2.40. The zero-order valence-corrected chi connectivity index (χ0v) is 87.2. The van der Waals surface area contributed by atoms with E-state index in [-0.39, 0.29) is 71.7 Å². The van der Waals surface area contributed by atoms with Crippen LogP contribution in [0.4, 0.5) is 27.6 Å². The second-order valence-corrected chi connectivity index (χ2v) is 41.9. The van der Waals surface area contributed by atoms with Crippen LogP contribution in [0.25, 0.3) is 15.6 Å². The number of ether oxygens (including phenoxy) is 1. The van der Waals surface area contributed by atoms with Gasteiger partial charge in [-0.05, 0) is 277 Å². The molecule has 764 valence electrons. The average molecular weight is 2200 g/mol. The molecule has 0 aliphatic heterocycles. The van der Waals surface area contributed by atoms with Gasteiger partial charge in [-0.15, -0.1) is 35.7 Å². The van der Waals surface area contributed by atoms with Crippen LogP contribution in [0, 0.1) is 25.1 Å². The molecule has 8 aromatic carbocycles. The smallest absolute Gasteiger partial charge is 0.416 e. The lowest BCUT2D eigenvalue weighted by atomic mass is 10.0. The Morgan fingerprint density at radius 1 is 0.349 bits per heavy atom. The molecule has 7 saturated carbocycles. The first kappa shape index (κ1) is 106. The molecule has 7 aliphatic carbocycles. The summed E-state index contributed by atoms with van der Waals surface area (Å²) in [5.41, 5.74) is 10.1. The minimum absolute atomic E-state index is 0.0650. The molecule has 0 saturated heterocycles. The number of alkyl halides is 3. The monoisotopic (exact) mass is 2200 g/mol. The molecule has 7 N–H and O–H groups in total. The van der Waals surface area contributed by atoms with Gasteiger partial charge in [-0.2, -0.15) is 13.2 Å². The fraction of sp³-hybridized carbons (Fsp3) is 0.291. The van der Waals surface area contributed by atoms with Crippen molar-refractivity contribution in [3.05, 3.63) is 357 Å². The summed E-state index contributed by atoms with van der Waals surface area (Å²) in [6, 6.07) is 54.9. The van der Waals surface area contributed by atoms with Crippen LogP contribution in [-0.2, 0) is 52.0 Å². The summed E-state index contributed by atoms with van der Waals surface area (Å²) in [4.78, 5) is 97.1. The van der Waals surface area contributed by atoms with E-state index < -0.39 is 35.6 Å². The molecule has 0 spiro atoms. The number of pyridine rings is 1. The van der Waals surface area contributed by atoms with Crippen LogP contribution >= 0.6 is 116 Å². The van der Waals surface area contributed by atoms with Crippen molar-refractivity contribution in [2.45, 2.75) is 190 Å². The van der Waals surface area contributed by atoms with E-state index in [1.54, 1.807) is 48.7 Å². The van der Waals surface area contributed by atoms with E-state index in [9.17, 15) is 55.5 Å². The minimum Gasteiger partial charge on any atom is -0.457 e. The molecule has 0 atom stereocenters. The van der Waals surface area contributed by atoms with Gasteiger partial charge in [0.05, 0.1) is 64.2 Å². The predicted octanol–water partition coefficient (Wildman–Crippen LogP) is 22.9. The first-order chi connectivity index (χ1) is 72.4. The third-order valence-corrected chi connectivity index (χ3v) is 30.6. The molecular weight excluding hydrogens is 2110 g/mol. The van der Waals surface area contributed by atoms with Crippen LogP contribution in [0.2, 0.25) is 15.1 Å². The highest BCUT2D eigenvalue weighted by Crippen LogP contribution is 2.48. The van der Waals surface area contributed by atoms with E-state index >= 15 is 0 Å². The van der Waals surface area contributed by atoms with Crippen molar-refractivity contribution in [3.63, 3.8) is 0 Å². The van der Waals surface area contributed by atoms with Crippen LogP contribution in [-0.4, -0.2) is 113 Å². The molecule has 16 aromatic rings. The van der Waals surface area contributed by atoms with E-state index in [1.807, 2.05) is 104 Å². The maximum Gasteiger partial charge on any atom is 0.416 e. The number of rotatable bonds is 30. The SMILES string of the molecule is Cc1cccc(Cl)c1CNC(=O)c1snnc1C1CC1.O=C(NCc1c(Cl)cccc1Oc1ccccc1)c1snnc1C1CC1.O=C(NCc1c(F)cccc1C(F)(F)F)c1snnc1C1CC1.O=C(NCc1cccc2ccccc12)c1snnc1C1CC1.O=C(NCc1ccccc1F)c1snnc1C1CC1.O=C(NCc1ccccn1)c1snnc1C1CC1.[C-]#[N+]c1cccc(Cl)c1CNC(=O)c1snnc1C1CC1. The highest BCUT2D eigenvalue weighted by molar-refractivity contribution is 7.09. The van der Waals surface area contributed by atoms with Gasteiger partial charge in [-0.1, -0.05) is 188 Å². The minimum atomic E-state index is -4.69. The van der Waals surface area contributed by atoms with Gasteiger partial charge in [-0.25, -0.2) is 13.6 Å². The lowest BCUT2D eigenvalue weighted by Crippen LogP contribution is -2.25. The third-order valence-electron chi connectivity index (χ3n) is 24.4. The molecule has 149 heavy (non-hydrogen) atoms. The Hall–Kier alpha value is -13.8. The molecule has 7 fully saturated rings. The number of fused-ring (bicyclic) bond motifs is 1. The number of nitrogens with one attached hydrogen (secondary N) is 7. The molecule has 0 radical (unpaired) electrons. The molecule has 7 aliphatic rings. The van der Waals surface area contributed by atoms with Gasteiger partial charge in [0.1, 0.15) is 57.3 Å². The second kappa shape index (κ2) is 50.5. The van der Waals surface area contributed by atoms with Crippen molar-refractivity contribution in [1.29, 1.82) is 0 Å². The molecule has 0 unspecified atom stereocenters. The van der Waals surface area contributed by atoms with Crippen LogP contribution in [0.5, 0.6) is 11.5 Å². The summed E-state index contributed by atoms with van der Waals surface area (Å²) in [5, 5.41) is 51.9. The fourth-order valence-corrected chi connectivity index (χ4v) is 20.8. The van der Waals surface area contributed by atoms with Gasteiger partial charge >= 0.3 is 6.18 Å². The molecule has 31 nitrogen and oxygen atoms in total. The predicted molar refractivity (Wildman–Crippen MR) is 559 cm³/mol. The molecule has 46 heteroatoms. The molecule has 7 amide bonds. The quantitative estimate of drug-likeness (QED) is 0.0162. The summed E-state index contributed by atoms with van der Waals surface area (Å²) in [6.07, 6.45) is 12.0. The van der Waals surface area contributed by atoms with Gasteiger partial charge in [0.25, 0.3) is 41.4 Å². The summed E-state index contributed by atoms with van der Waals surface area (Å²) in [5.74, 6) is 1.19. The number of carbonyl (C=O) groups excluding carboxylic acids is 7. The van der Waals surface area contributed by atoms with Crippen LogP contribution < -0.4 is 42.0 Å². The van der Waals surface area contributed by atoms with Gasteiger partial charge in [-0.3, -0.25) is 38.5 Å². The first-order valence-electron chi connectivity index (χ1n) is 47.5. The Labute approximate surface area is 894 Å². The van der Waals surface area contributed by atoms with Crippen molar-refractivity contribution in [2.75, 3.05) is 0 Å². The molecule has 8 aromatic heterocycles. The average Bonchev–Trinajstić information content (AvgIpc) is 1.56. The van der Waals surface area contributed by atoms with Crippen LogP contribution in [0.3, 0.4) is 0 Å². The largest absolute Gasteiger partial charge is 0.457 e. The van der Waals surface area contributed by atoms with E-state index in [4.69, 9.17) is 46.1 Å². The molecule has 0 bridgehead atoms. The van der Waals surface area contributed by atoms with Gasteiger partial charge in [0, 0.05) is 119 Å². The van der Waals surface area contributed by atoms with E-state index in [0.717, 1.165) is 228 Å². The number of aryl methyl sites for hydroxylation is 1. The number of benzene rings is 8. The summed E-state index contributed by atoms with van der Waals surface area (Å²) < 4.78 is 98.8. The maximum absolute atomic E-state index is 13.7. The van der Waals surface area contributed by atoms with Gasteiger partial charge < -0.3 is 42.0 Å². The van der Waals surface area contributed by atoms with Crippen molar-refractivity contribution in [2.24, 2.45) is 0 Å². The second-order valence-electron chi connectivity index (χ2n) is 35.4. The van der Waals surface area contributed by atoms with Crippen molar-refractivity contribution < 1.29 is 60.3 Å². The number of para-hydroxylation sites is 1. The number of hydrogen-bond donors (Lipinski definition) is 7. The Morgan fingerprint density at radius 2 is 0.678 bits per heavy atom. The van der Waals surface area contributed by atoms with Crippen LogP contribution in [0.15, 0.2) is 194 Å². The summed E-state index contributed by atoms with van der Waals surface area (Å²) in [7, 11) is 0. The number of aromatic nitrogens is 15. The van der Waals surface area contributed by atoms with Crippen molar-refractivity contribution in [1.82, 2.24) is 109 Å². The lowest BCUT2D eigenvalue weighted by Gasteiger charge is -2.14. The third kappa shape index (κ3) is 29.0. The summed E-state index contributed by atoms with van der Waals surface area (Å²) in [6.45, 7) is 10.6. The van der Waals surface area contributed by atoms with Gasteiger partial charge in [0.2, 0.25) is 0 Å². The van der Waals surface area contributed by atoms with E-state index in [0.29, 0.717) is 133 Å². The number of amides is 7. The molecule has 8 heterocycles. The fourth-order valence-electron chi connectivity index (χ4n) is 15.3. The van der Waals surface area contributed by atoms with E-state index in [1.165, 1.54) is 39.9 Å². The van der Waals surface area contributed by atoms with Crippen molar-refractivity contribution in [3.8, 4) is 11.5 Å². The Bertz CT molecular complexity index is 7470.